The van der Waals surface area contributed by atoms with Crippen LogP contribution in [-0.2, 0) is 21.3 Å². The first-order valence-corrected chi connectivity index (χ1v) is 9.12. The Labute approximate surface area is 146 Å². The zero-order valence-electron chi connectivity index (χ0n) is 13.6. The van der Waals surface area contributed by atoms with Crippen molar-refractivity contribution in [3.8, 4) is 5.75 Å². The Hall–Kier alpha value is -2.05. The van der Waals surface area contributed by atoms with Gasteiger partial charge in [-0.2, -0.15) is 8.42 Å². The average Bonchev–Trinajstić information content (AvgIpc) is 2.50. The van der Waals surface area contributed by atoms with Gasteiger partial charge in [-0.3, -0.25) is 4.79 Å². The molecule has 0 saturated heterocycles. The van der Waals surface area contributed by atoms with E-state index in [4.69, 9.17) is 15.8 Å². The van der Waals surface area contributed by atoms with Crippen LogP contribution in [0, 0.1) is 6.92 Å². The van der Waals surface area contributed by atoms with Crippen LogP contribution in [0.4, 0.5) is 5.69 Å². The largest absolute Gasteiger partial charge is 0.379 e. The topological polar surface area (TPSA) is 72.5 Å². The predicted octanol–water partition coefficient (Wildman–Crippen LogP) is 3.94. The second-order valence-electron chi connectivity index (χ2n) is 5.30. The molecule has 0 heterocycles. The van der Waals surface area contributed by atoms with Gasteiger partial charge in [-0.1, -0.05) is 24.6 Å². The summed E-state index contributed by atoms with van der Waals surface area (Å²) in [5, 5.41) is 3.16. The molecule has 1 amide bonds. The van der Waals surface area contributed by atoms with E-state index in [-0.39, 0.29) is 16.6 Å². The first-order chi connectivity index (χ1) is 11.2. The van der Waals surface area contributed by atoms with E-state index < -0.39 is 10.1 Å². The number of carbonyl (C=O) groups excluding carboxylic acids is 1. The number of carbonyl (C=O) groups is 1. The standard InChI is InChI=1S/C17H18ClNO4S/c1-4-13-9-14(6-8-16(13)18)23-24(21,22)15-7-5-11(2)17(10-15)19-12(3)20/h5-10H,4H2,1-3H3,(H,19,20). The Morgan fingerprint density at radius 3 is 2.54 bits per heavy atom. The van der Waals surface area contributed by atoms with Gasteiger partial charge < -0.3 is 9.50 Å². The highest BCUT2D eigenvalue weighted by atomic mass is 35.5. The second-order valence-corrected chi connectivity index (χ2v) is 7.26. The molecule has 1 N–H and O–H groups in total. The third-order valence-electron chi connectivity index (χ3n) is 3.41. The number of rotatable bonds is 5. The first kappa shape index (κ1) is 18.3. The smallest absolute Gasteiger partial charge is 0.339 e. The van der Waals surface area contributed by atoms with Crippen molar-refractivity contribution in [2.75, 3.05) is 5.32 Å². The molecule has 0 atom stereocenters. The summed E-state index contributed by atoms with van der Waals surface area (Å²) in [5.74, 6) is -0.0863. The number of halogens is 1. The highest BCUT2D eigenvalue weighted by Gasteiger charge is 2.19. The monoisotopic (exact) mass is 367 g/mol. The Balaban J connectivity index is 2.35. The highest BCUT2D eigenvalue weighted by molar-refractivity contribution is 7.87. The minimum Gasteiger partial charge on any atom is -0.379 e. The molecule has 0 aliphatic heterocycles. The highest BCUT2D eigenvalue weighted by Crippen LogP contribution is 2.27. The van der Waals surface area contributed by atoms with E-state index in [0.717, 1.165) is 11.1 Å². The van der Waals surface area contributed by atoms with Crippen molar-refractivity contribution in [1.82, 2.24) is 0 Å². The van der Waals surface area contributed by atoms with Gasteiger partial charge in [0.05, 0.1) is 0 Å². The van der Waals surface area contributed by atoms with E-state index in [2.05, 4.69) is 5.32 Å². The number of amides is 1. The van der Waals surface area contributed by atoms with E-state index in [9.17, 15) is 13.2 Å². The van der Waals surface area contributed by atoms with Crippen molar-refractivity contribution in [2.45, 2.75) is 32.1 Å². The quantitative estimate of drug-likeness (QED) is 0.812. The molecule has 0 radical (unpaired) electrons. The number of hydrogen-bond acceptors (Lipinski definition) is 4. The molecule has 2 aromatic rings. The number of anilines is 1. The van der Waals surface area contributed by atoms with Gasteiger partial charge in [-0.15, -0.1) is 0 Å². The lowest BCUT2D eigenvalue weighted by molar-refractivity contribution is -0.114. The summed E-state index contributed by atoms with van der Waals surface area (Å²) in [4.78, 5) is 11.2. The van der Waals surface area contributed by atoms with Crippen molar-refractivity contribution in [3.05, 3.63) is 52.5 Å². The number of aryl methyl sites for hydroxylation is 2. The lowest BCUT2D eigenvalue weighted by Crippen LogP contribution is -2.12. The molecule has 0 unspecified atom stereocenters. The van der Waals surface area contributed by atoms with Gasteiger partial charge >= 0.3 is 10.1 Å². The minimum absolute atomic E-state index is 0.0372. The van der Waals surface area contributed by atoms with Crippen LogP contribution in [0.15, 0.2) is 41.3 Å². The fourth-order valence-electron chi connectivity index (χ4n) is 2.13. The first-order valence-electron chi connectivity index (χ1n) is 7.34. The molecule has 5 nitrogen and oxygen atoms in total. The normalized spacial score (nSPS) is 11.2. The van der Waals surface area contributed by atoms with Crippen molar-refractivity contribution in [3.63, 3.8) is 0 Å². The van der Waals surface area contributed by atoms with Crippen LogP contribution in [0.2, 0.25) is 5.02 Å². The van der Waals surface area contributed by atoms with Crippen LogP contribution in [0.3, 0.4) is 0 Å². The molecule has 0 saturated carbocycles. The summed E-state index contributed by atoms with van der Waals surface area (Å²) in [6, 6.07) is 9.13. The van der Waals surface area contributed by atoms with E-state index in [0.29, 0.717) is 17.1 Å². The molecule has 0 spiro atoms. The number of benzene rings is 2. The molecule has 0 aliphatic rings. The van der Waals surface area contributed by atoms with Gasteiger partial charge in [0.1, 0.15) is 10.6 Å². The van der Waals surface area contributed by atoms with Gasteiger partial charge in [0.15, 0.2) is 0 Å². The lowest BCUT2D eigenvalue weighted by Gasteiger charge is -2.12. The maximum atomic E-state index is 12.5. The van der Waals surface area contributed by atoms with Gasteiger partial charge in [0.2, 0.25) is 5.91 Å². The average molecular weight is 368 g/mol. The summed E-state index contributed by atoms with van der Waals surface area (Å²) in [7, 11) is -4.02. The Morgan fingerprint density at radius 2 is 1.92 bits per heavy atom. The molecular weight excluding hydrogens is 350 g/mol. The van der Waals surface area contributed by atoms with E-state index in [1.807, 2.05) is 6.92 Å². The van der Waals surface area contributed by atoms with Crippen LogP contribution in [0.5, 0.6) is 5.75 Å². The molecule has 7 heteroatoms. The molecular formula is C17H18ClNO4S. The molecule has 2 aromatic carbocycles. The lowest BCUT2D eigenvalue weighted by atomic mass is 10.2. The molecule has 0 aliphatic carbocycles. The van der Waals surface area contributed by atoms with Crippen molar-refractivity contribution in [1.29, 1.82) is 0 Å². The summed E-state index contributed by atoms with van der Waals surface area (Å²) in [6.45, 7) is 5.05. The summed E-state index contributed by atoms with van der Waals surface area (Å²) in [5.41, 5.74) is 1.98. The Kier molecular flexibility index (Phi) is 5.51. The van der Waals surface area contributed by atoms with E-state index in [1.165, 1.54) is 25.1 Å². The summed E-state index contributed by atoms with van der Waals surface area (Å²) >= 11 is 6.03. The number of hydrogen-bond donors (Lipinski definition) is 1. The Bertz CT molecular complexity index is 878. The number of nitrogens with one attached hydrogen (secondary N) is 1. The van der Waals surface area contributed by atoms with Crippen LogP contribution in [0.25, 0.3) is 0 Å². The van der Waals surface area contributed by atoms with Crippen molar-refractivity contribution in [2.24, 2.45) is 0 Å². The van der Waals surface area contributed by atoms with Gasteiger partial charge in [-0.25, -0.2) is 0 Å². The van der Waals surface area contributed by atoms with Crippen LogP contribution in [0.1, 0.15) is 25.0 Å². The minimum atomic E-state index is -4.02. The Morgan fingerprint density at radius 1 is 1.21 bits per heavy atom. The van der Waals surface area contributed by atoms with E-state index in [1.54, 1.807) is 25.1 Å². The van der Waals surface area contributed by atoms with Gasteiger partial charge in [0, 0.05) is 17.6 Å². The van der Waals surface area contributed by atoms with Gasteiger partial charge in [-0.05, 0) is 54.8 Å². The summed E-state index contributed by atoms with van der Waals surface area (Å²) in [6.07, 6.45) is 0.660. The van der Waals surface area contributed by atoms with Crippen molar-refractivity contribution >= 4 is 33.3 Å². The maximum absolute atomic E-state index is 12.5. The molecule has 0 bridgehead atoms. The molecule has 128 valence electrons. The fourth-order valence-corrected chi connectivity index (χ4v) is 3.33. The van der Waals surface area contributed by atoms with Crippen molar-refractivity contribution < 1.29 is 17.4 Å². The SMILES string of the molecule is CCc1cc(OS(=O)(=O)c2ccc(C)c(NC(C)=O)c2)ccc1Cl. The maximum Gasteiger partial charge on any atom is 0.339 e. The predicted molar refractivity (Wildman–Crippen MR) is 94.1 cm³/mol. The molecule has 24 heavy (non-hydrogen) atoms. The zero-order valence-corrected chi connectivity index (χ0v) is 15.2. The van der Waals surface area contributed by atoms with Crippen LogP contribution >= 0.6 is 11.6 Å². The van der Waals surface area contributed by atoms with Crippen LogP contribution < -0.4 is 9.50 Å². The van der Waals surface area contributed by atoms with E-state index >= 15 is 0 Å². The zero-order chi connectivity index (χ0) is 17.9. The molecule has 0 fully saturated rings. The van der Waals surface area contributed by atoms with Gasteiger partial charge in [0.25, 0.3) is 0 Å². The third-order valence-corrected chi connectivity index (χ3v) is 5.02. The fraction of sp³-hybridized carbons (Fsp3) is 0.235. The summed E-state index contributed by atoms with van der Waals surface area (Å²) < 4.78 is 30.1. The third kappa shape index (κ3) is 4.27. The molecule has 0 aromatic heterocycles. The van der Waals surface area contributed by atoms with Crippen LogP contribution in [-0.4, -0.2) is 14.3 Å². The molecule has 2 rings (SSSR count). The second kappa shape index (κ2) is 7.23.